The van der Waals surface area contributed by atoms with Crippen LogP contribution in [0.2, 0.25) is 0 Å². The molecule has 6 nitrogen and oxygen atoms in total. The summed E-state index contributed by atoms with van der Waals surface area (Å²) in [6, 6.07) is 5.78. The zero-order chi connectivity index (χ0) is 21.7. The number of carbonyl (C=O) groups is 1. The fraction of sp³-hybridized carbons (Fsp3) is 0.609. The molecule has 1 amide bonds. The summed E-state index contributed by atoms with van der Waals surface area (Å²) in [7, 11) is 3.61. The molecule has 1 aliphatic carbocycles. The third-order valence-corrected chi connectivity index (χ3v) is 5.86. The summed E-state index contributed by atoms with van der Waals surface area (Å²) in [6.45, 7) is 8.78. The van der Waals surface area contributed by atoms with E-state index in [2.05, 4.69) is 11.9 Å². The lowest BCUT2D eigenvalue weighted by Gasteiger charge is -2.35. The van der Waals surface area contributed by atoms with Crippen molar-refractivity contribution in [2.75, 3.05) is 51.9 Å². The van der Waals surface area contributed by atoms with Gasteiger partial charge in [-0.25, -0.2) is 4.39 Å². The summed E-state index contributed by atoms with van der Waals surface area (Å²) in [5, 5.41) is 3.24. The zero-order valence-corrected chi connectivity index (χ0v) is 18.3. The summed E-state index contributed by atoms with van der Waals surface area (Å²) in [5.74, 6) is -0.425. The van der Waals surface area contributed by atoms with Crippen LogP contribution >= 0.6 is 0 Å². The van der Waals surface area contributed by atoms with Crippen LogP contribution in [-0.2, 0) is 14.3 Å². The second kappa shape index (κ2) is 10.4. The van der Waals surface area contributed by atoms with E-state index in [0.717, 1.165) is 43.6 Å². The van der Waals surface area contributed by atoms with Crippen molar-refractivity contribution in [3.63, 3.8) is 0 Å². The quantitative estimate of drug-likeness (QED) is 0.591. The fourth-order valence-electron chi connectivity index (χ4n) is 4.01. The number of anilines is 1. The molecule has 30 heavy (non-hydrogen) atoms. The SMILES string of the molecule is C=C(F)c1ccc([C@@H](C)N(C(=O)[C@H]2CNCCO2)C2CC2)cc1N(C)CCCOC. The minimum atomic E-state index is -0.459. The number of hydrogen-bond donors (Lipinski definition) is 1. The van der Waals surface area contributed by atoms with E-state index in [1.807, 2.05) is 35.9 Å². The number of benzene rings is 1. The van der Waals surface area contributed by atoms with Crippen molar-refractivity contribution in [1.82, 2.24) is 10.2 Å². The molecule has 3 rings (SSSR count). The van der Waals surface area contributed by atoms with Gasteiger partial charge in [0.15, 0.2) is 0 Å². The lowest BCUT2D eigenvalue weighted by Crippen LogP contribution is -2.50. The van der Waals surface area contributed by atoms with Gasteiger partial charge in [-0.3, -0.25) is 4.79 Å². The third-order valence-electron chi connectivity index (χ3n) is 5.86. The lowest BCUT2D eigenvalue weighted by atomic mass is 10.0. The third kappa shape index (κ3) is 5.39. The highest BCUT2D eigenvalue weighted by molar-refractivity contribution is 5.82. The highest BCUT2D eigenvalue weighted by Gasteiger charge is 2.40. The van der Waals surface area contributed by atoms with E-state index < -0.39 is 11.9 Å². The van der Waals surface area contributed by atoms with Gasteiger partial charge in [-0.15, -0.1) is 0 Å². The van der Waals surface area contributed by atoms with Crippen LogP contribution in [0.5, 0.6) is 0 Å². The smallest absolute Gasteiger partial charge is 0.253 e. The van der Waals surface area contributed by atoms with Crippen LogP contribution in [-0.4, -0.2) is 70.0 Å². The van der Waals surface area contributed by atoms with Gasteiger partial charge in [0.25, 0.3) is 5.91 Å². The molecule has 2 atom stereocenters. The van der Waals surface area contributed by atoms with Gasteiger partial charge in [0.2, 0.25) is 0 Å². The number of ether oxygens (including phenoxy) is 2. The number of amides is 1. The van der Waals surface area contributed by atoms with Crippen molar-refractivity contribution < 1.29 is 18.7 Å². The van der Waals surface area contributed by atoms with Crippen LogP contribution in [0.25, 0.3) is 5.83 Å². The Labute approximate surface area is 179 Å². The Morgan fingerprint density at radius 1 is 1.43 bits per heavy atom. The minimum Gasteiger partial charge on any atom is -0.385 e. The molecule has 166 valence electrons. The van der Waals surface area contributed by atoms with Crippen LogP contribution in [0.1, 0.15) is 43.4 Å². The Balaban J connectivity index is 1.84. The Kier molecular flexibility index (Phi) is 7.86. The number of rotatable bonds is 10. The average Bonchev–Trinajstić information content (AvgIpc) is 3.59. The molecule has 1 aromatic rings. The molecule has 2 fully saturated rings. The standard InChI is InChI=1S/C23H34FN3O3/c1-16(24)20-9-6-18(14-21(20)26(3)11-5-12-29-4)17(2)27(19-7-8-19)23(28)22-15-25-10-13-30-22/h6,9,14,17,19,22,25H,1,5,7-8,10-13,15H2,2-4H3/t17-,22-/m1/s1. The number of nitrogens with one attached hydrogen (secondary N) is 1. The lowest BCUT2D eigenvalue weighted by molar-refractivity contribution is -0.148. The van der Waals surface area contributed by atoms with Gasteiger partial charge in [-0.05, 0) is 43.9 Å². The van der Waals surface area contributed by atoms with Crippen molar-refractivity contribution >= 4 is 17.4 Å². The van der Waals surface area contributed by atoms with Crippen LogP contribution in [0, 0.1) is 0 Å². The number of hydrogen-bond acceptors (Lipinski definition) is 5. The largest absolute Gasteiger partial charge is 0.385 e. The number of halogens is 1. The van der Waals surface area contributed by atoms with E-state index >= 15 is 0 Å². The first-order valence-electron chi connectivity index (χ1n) is 10.8. The highest BCUT2D eigenvalue weighted by Crippen LogP contribution is 2.37. The molecule has 0 spiro atoms. The van der Waals surface area contributed by atoms with E-state index in [9.17, 15) is 9.18 Å². The maximum absolute atomic E-state index is 14.1. The number of carbonyl (C=O) groups excluding carboxylic acids is 1. The summed E-state index contributed by atoms with van der Waals surface area (Å²) >= 11 is 0. The van der Waals surface area contributed by atoms with Crippen molar-refractivity contribution in [1.29, 1.82) is 0 Å². The molecular weight excluding hydrogens is 385 g/mol. The van der Waals surface area contributed by atoms with Gasteiger partial charge in [0.1, 0.15) is 11.9 Å². The van der Waals surface area contributed by atoms with Crippen LogP contribution in [0.3, 0.4) is 0 Å². The van der Waals surface area contributed by atoms with Crippen LogP contribution in [0.15, 0.2) is 24.8 Å². The fourth-order valence-corrected chi connectivity index (χ4v) is 4.01. The molecule has 1 saturated heterocycles. The van der Waals surface area contributed by atoms with Gasteiger partial charge in [0, 0.05) is 57.7 Å². The molecule has 0 radical (unpaired) electrons. The monoisotopic (exact) mass is 419 g/mol. The van der Waals surface area contributed by atoms with E-state index in [4.69, 9.17) is 9.47 Å². The summed E-state index contributed by atoms with van der Waals surface area (Å²) in [6.07, 6.45) is 2.42. The Morgan fingerprint density at radius 2 is 2.20 bits per heavy atom. The summed E-state index contributed by atoms with van der Waals surface area (Å²) in [4.78, 5) is 17.2. The Morgan fingerprint density at radius 3 is 2.80 bits per heavy atom. The maximum Gasteiger partial charge on any atom is 0.253 e. The predicted octanol–water partition coefficient (Wildman–Crippen LogP) is 3.14. The predicted molar refractivity (Wildman–Crippen MR) is 117 cm³/mol. The van der Waals surface area contributed by atoms with Gasteiger partial charge < -0.3 is 24.6 Å². The van der Waals surface area contributed by atoms with Gasteiger partial charge >= 0.3 is 0 Å². The first-order valence-corrected chi connectivity index (χ1v) is 10.8. The first-order chi connectivity index (χ1) is 14.4. The number of nitrogens with zero attached hydrogens (tertiary/aromatic N) is 2. The zero-order valence-electron chi connectivity index (χ0n) is 18.3. The average molecular weight is 420 g/mol. The molecule has 7 heteroatoms. The molecule has 2 aliphatic rings. The Hall–Kier alpha value is -1.96. The van der Waals surface area contributed by atoms with Crippen molar-refractivity contribution in [2.45, 2.75) is 44.4 Å². The maximum atomic E-state index is 14.1. The van der Waals surface area contributed by atoms with Crippen LogP contribution < -0.4 is 10.2 Å². The van der Waals surface area contributed by atoms with Crippen molar-refractivity contribution in [3.05, 3.63) is 35.9 Å². The Bertz CT molecular complexity index is 747. The van der Waals surface area contributed by atoms with E-state index in [-0.39, 0.29) is 18.0 Å². The molecule has 1 heterocycles. The molecule has 0 bridgehead atoms. The summed E-state index contributed by atoms with van der Waals surface area (Å²) < 4.78 is 25.0. The first kappa shape index (κ1) is 22.7. The normalized spacial score (nSPS) is 19.9. The topological polar surface area (TPSA) is 54.0 Å². The van der Waals surface area contributed by atoms with Crippen molar-refractivity contribution in [3.8, 4) is 0 Å². The molecule has 1 aromatic carbocycles. The highest BCUT2D eigenvalue weighted by atomic mass is 19.1. The minimum absolute atomic E-state index is 0.0335. The number of methoxy groups -OCH3 is 1. The molecule has 0 unspecified atom stereocenters. The molecule has 1 aliphatic heterocycles. The summed E-state index contributed by atoms with van der Waals surface area (Å²) in [5.41, 5.74) is 2.24. The molecule has 1 N–H and O–H groups in total. The van der Waals surface area contributed by atoms with E-state index in [0.29, 0.717) is 25.3 Å². The van der Waals surface area contributed by atoms with E-state index in [1.54, 1.807) is 13.2 Å². The van der Waals surface area contributed by atoms with Gasteiger partial charge in [-0.2, -0.15) is 0 Å². The second-order valence-corrected chi connectivity index (χ2v) is 8.17. The van der Waals surface area contributed by atoms with Crippen molar-refractivity contribution in [2.24, 2.45) is 0 Å². The van der Waals surface area contributed by atoms with E-state index in [1.165, 1.54) is 0 Å². The van der Waals surface area contributed by atoms with Gasteiger partial charge in [0.05, 0.1) is 12.6 Å². The molecular formula is C23H34FN3O3. The van der Waals surface area contributed by atoms with Gasteiger partial charge in [-0.1, -0.05) is 12.6 Å². The molecule has 0 aromatic heterocycles. The second-order valence-electron chi connectivity index (χ2n) is 8.17. The number of morpholine rings is 1. The van der Waals surface area contributed by atoms with Crippen LogP contribution in [0.4, 0.5) is 10.1 Å². The molecule has 1 saturated carbocycles.